The van der Waals surface area contributed by atoms with E-state index < -0.39 is 5.60 Å². The van der Waals surface area contributed by atoms with E-state index in [1.165, 1.54) is 18.6 Å². The zero-order valence-electron chi connectivity index (χ0n) is 13.7. The van der Waals surface area contributed by atoms with Crippen LogP contribution in [-0.2, 0) is 12.1 Å². The maximum atomic E-state index is 13.1. The second-order valence-electron chi connectivity index (χ2n) is 7.19. The maximum Gasteiger partial charge on any atom is 0.123 e. The van der Waals surface area contributed by atoms with Gasteiger partial charge in [0.2, 0.25) is 0 Å². The van der Waals surface area contributed by atoms with Crippen LogP contribution in [0.4, 0.5) is 4.39 Å². The smallest absolute Gasteiger partial charge is 0.123 e. The standard InChI is InChI=1S/C20H23FN2O/c21-18-9-7-15(8-10-18)12-23-13-16-4-3-5-17(14-23)20(16,24)19-6-1-2-11-22-19/h1-2,6-11,16-17,24H,3-5,12-14H2. The van der Waals surface area contributed by atoms with Crippen molar-refractivity contribution in [2.75, 3.05) is 13.1 Å². The summed E-state index contributed by atoms with van der Waals surface area (Å²) in [4.78, 5) is 6.87. The summed E-state index contributed by atoms with van der Waals surface area (Å²) in [7, 11) is 0. The third kappa shape index (κ3) is 2.74. The van der Waals surface area contributed by atoms with Crippen molar-refractivity contribution in [2.24, 2.45) is 11.8 Å². The number of rotatable bonds is 3. The summed E-state index contributed by atoms with van der Waals surface area (Å²) in [6.45, 7) is 2.54. The number of hydrogen-bond acceptors (Lipinski definition) is 3. The fraction of sp³-hybridized carbons (Fsp3) is 0.450. The minimum atomic E-state index is -0.807. The molecule has 2 heterocycles. The number of pyridine rings is 1. The summed E-state index contributed by atoms with van der Waals surface area (Å²) in [5, 5.41) is 11.5. The first kappa shape index (κ1) is 15.7. The van der Waals surface area contributed by atoms with Crippen molar-refractivity contribution < 1.29 is 9.50 Å². The monoisotopic (exact) mass is 326 g/mol. The average Bonchev–Trinajstić information content (AvgIpc) is 2.59. The van der Waals surface area contributed by atoms with E-state index in [-0.39, 0.29) is 17.7 Å². The maximum absolute atomic E-state index is 13.1. The molecule has 2 bridgehead atoms. The highest BCUT2D eigenvalue weighted by Gasteiger charge is 2.52. The minimum absolute atomic E-state index is 0.196. The van der Waals surface area contributed by atoms with E-state index in [1.54, 1.807) is 6.20 Å². The van der Waals surface area contributed by atoms with Crippen LogP contribution in [0, 0.1) is 17.7 Å². The van der Waals surface area contributed by atoms with Crippen LogP contribution < -0.4 is 0 Å². The highest BCUT2D eigenvalue weighted by atomic mass is 19.1. The molecule has 1 N–H and O–H groups in total. The molecule has 0 spiro atoms. The lowest BCUT2D eigenvalue weighted by molar-refractivity contribution is -0.151. The van der Waals surface area contributed by atoms with Crippen molar-refractivity contribution in [3.63, 3.8) is 0 Å². The van der Waals surface area contributed by atoms with Gasteiger partial charge >= 0.3 is 0 Å². The Balaban J connectivity index is 1.55. The van der Waals surface area contributed by atoms with Crippen LogP contribution in [0.3, 0.4) is 0 Å². The molecule has 126 valence electrons. The minimum Gasteiger partial charge on any atom is -0.383 e. The molecule has 2 unspecified atom stereocenters. The van der Waals surface area contributed by atoms with Crippen LogP contribution in [0.15, 0.2) is 48.7 Å². The fourth-order valence-corrected chi connectivity index (χ4v) is 4.54. The van der Waals surface area contributed by atoms with Gasteiger partial charge < -0.3 is 5.11 Å². The Morgan fingerprint density at radius 2 is 1.79 bits per heavy atom. The molecule has 1 saturated carbocycles. The summed E-state index contributed by atoms with van der Waals surface area (Å²) < 4.78 is 13.1. The summed E-state index contributed by atoms with van der Waals surface area (Å²) in [6, 6.07) is 12.6. The summed E-state index contributed by atoms with van der Waals surface area (Å²) >= 11 is 0. The summed E-state index contributed by atoms with van der Waals surface area (Å²) in [6.07, 6.45) is 5.01. The van der Waals surface area contributed by atoms with Crippen LogP contribution in [0.5, 0.6) is 0 Å². The largest absolute Gasteiger partial charge is 0.383 e. The normalized spacial score (nSPS) is 30.2. The SMILES string of the molecule is OC1(c2ccccn2)C2CCCC1CN(Cc1ccc(F)cc1)C2. The summed E-state index contributed by atoms with van der Waals surface area (Å²) in [5.41, 5.74) is 1.14. The molecule has 2 aliphatic rings. The zero-order valence-corrected chi connectivity index (χ0v) is 13.7. The van der Waals surface area contributed by atoms with Gasteiger partial charge in [-0.05, 0) is 42.7 Å². The molecule has 1 aromatic heterocycles. The van der Waals surface area contributed by atoms with E-state index in [4.69, 9.17) is 0 Å². The second-order valence-corrected chi connectivity index (χ2v) is 7.19. The van der Waals surface area contributed by atoms with Gasteiger partial charge in [0, 0.05) is 37.7 Å². The third-order valence-corrected chi connectivity index (χ3v) is 5.70. The second kappa shape index (κ2) is 6.26. The molecule has 1 aromatic carbocycles. The van der Waals surface area contributed by atoms with Gasteiger partial charge in [-0.25, -0.2) is 4.39 Å². The zero-order chi connectivity index (χ0) is 16.6. The molecule has 1 aliphatic carbocycles. The molecule has 4 rings (SSSR count). The molecule has 4 heteroatoms. The molecule has 0 amide bonds. The van der Waals surface area contributed by atoms with Crippen LogP contribution in [0.25, 0.3) is 0 Å². The lowest BCUT2D eigenvalue weighted by Gasteiger charge is -2.52. The number of benzene rings is 1. The number of fused-ring (bicyclic) bond motifs is 2. The number of aliphatic hydroxyl groups is 1. The average molecular weight is 326 g/mol. The van der Waals surface area contributed by atoms with Gasteiger partial charge in [-0.1, -0.05) is 24.6 Å². The van der Waals surface area contributed by atoms with Gasteiger partial charge in [0.05, 0.1) is 5.69 Å². The van der Waals surface area contributed by atoms with Crippen molar-refractivity contribution in [3.05, 3.63) is 65.7 Å². The number of hydrogen-bond donors (Lipinski definition) is 1. The van der Waals surface area contributed by atoms with Crippen LogP contribution in [-0.4, -0.2) is 28.1 Å². The Morgan fingerprint density at radius 3 is 2.42 bits per heavy atom. The number of likely N-dealkylation sites (tertiary alicyclic amines) is 1. The first-order chi connectivity index (χ1) is 11.7. The number of aromatic nitrogens is 1. The van der Waals surface area contributed by atoms with Gasteiger partial charge in [-0.2, -0.15) is 0 Å². The molecule has 1 saturated heterocycles. The molecule has 0 radical (unpaired) electrons. The molecular weight excluding hydrogens is 303 g/mol. The van der Waals surface area contributed by atoms with Gasteiger partial charge in [0.25, 0.3) is 0 Å². The lowest BCUT2D eigenvalue weighted by Crippen LogP contribution is -2.58. The van der Waals surface area contributed by atoms with E-state index in [0.717, 1.165) is 43.7 Å². The molecule has 2 aromatic rings. The molecule has 24 heavy (non-hydrogen) atoms. The van der Waals surface area contributed by atoms with Gasteiger partial charge in [-0.15, -0.1) is 0 Å². The molecule has 2 atom stereocenters. The van der Waals surface area contributed by atoms with Crippen molar-refractivity contribution in [2.45, 2.75) is 31.4 Å². The van der Waals surface area contributed by atoms with E-state index in [2.05, 4.69) is 9.88 Å². The quantitative estimate of drug-likeness (QED) is 0.940. The topological polar surface area (TPSA) is 36.4 Å². The summed E-state index contributed by atoms with van der Waals surface area (Å²) in [5.74, 6) is 0.222. The Bertz CT molecular complexity index is 675. The van der Waals surface area contributed by atoms with Crippen molar-refractivity contribution >= 4 is 0 Å². The number of halogens is 1. The Hall–Kier alpha value is -1.78. The van der Waals surface area contributed by atoms with Gasteiger partial charge in [-0.3, -0.25) is 9.88 Å². The lowest BCUT2D eigenvalue weighted by atomic mass is 9.64. The van der Waals surface area contributed by atoms with E-state index in [1.807, 2.05) is 30.3 Å². The van der Waals surface area contributed by atoms with Crippen molar-refractivity contribution in [3.8, 4) is 0 Å². The number of nitrogens with zero attached hydrogens (tertiary/aromatic N) is 2. The van der Waals surface area contributed by atoms with E-state index in [9.17, 15) is 9.50 Å². The van der Waals surface area contributed by atoms with Crippen LogP contribution >= 0.6 is 0 Å². The highest BCUT2D eigenvalue weighted by Crippen LogP contribution is 2.48. The van der Waals surface area contributed by atoms with E-state index >= 15 is 0 Å². The van der Waals surface area contributed by atoms with Crippen LogP contribution in [0.1, 0.15) is 30.5 Å². The van der Waals surface area contributed by atoms with Gasteiger partial charge in [0.1, 0.15) is 11.4 Å². The predicted octanol–water partition coefficient (Wildman–Crippen LogP) is 3.34. The molecule has 2 fully saturated rings. The number of piperidine rings is 1. The fourth-order valence-electron chi connectivity index (χ4n) is 4.54. The first-order valence-electron chi connectivity index (χ1n) is 8.77. The Morgan fingerprint density at radius 1 is 1.08 bits per heavy atom. The Labute approximate surface area is 142 Å². The first-order valence-corrected chi connectivity index (χ1v) is 8.77. The molecule has 3 nitrogen and oxygen atoms in total. The molecular formula is C20H23FN2O. The van der Waals surface area contributed by atoms with Crippen molar-refractivity contribution in [1.82, 2.24) is 9.88 Å². The van der Waals surface area contributed by atoms with E-state index in [0.29, 0.717) is 0 Å². The van der Waals surface area contributed by atoms with Crippen molar-refractivity contribution in [1.29, 1.82) is 0 Å². The third-order valence-electron chi connectivity index (χ3n) is 5.70. The highest BCUT2D eigenvalue weighted by molar-refractivity contribution is 5.21. The Kier molecular flexibility index (Phi) is 4.10. The van der Waals surface area contributed by atoms with Gasteiger partial charge in [0.15, 0.2) is 0 Å². The van der Waals surface area contributed by atoms with Crippen LogP contribution in [0.2, 0.25) is 0 Å². The molecule has 1 aliphatic heterocycles. The predicted molar refractivity (Wildman–Crippen MR) is 90.6 cm³/mol.